The van der Waals surface area contributed by atoms with Crippen molar-refractivity contribution in [2.24, 2.45) is 0 Å². The highest BCUT2D eigenvalue weighted by Gasteiger charge is 2.26. The van der Waals surface area contributed by atoms with E-state index in [2.05, 4.69) is 14.2 Å². The number of ether oxygens (including phenoxy) is 2. The number of hydrogen-bond donors (Lipinski definition) is 3. The summed E-state index contributed by atoms with van der Waals surface area (Å²) in [5.41, 5.74) is -0.221. The number of phenols is 1. The van der Waals surface area contributed by atoms with Gasteiger partial charge in [0.1, 0.15) is 21.3 Å². The first-order chi connectivity index (χ1) is 15.1. The van der Waals surface area contributed by atoms with Crippen molar-refractivity contribution in [3.63, 3.8) is 0 Å². The van der Waals surface area contributed by atoms with Crippen molar-refractivity contribution in [1.82, 2.24) is 0 Å². The number of methoxy groups -OCH3 is 2. The first kappa shape index (κ1) is 23.4. The number of nitrogens with one attached hydrogen (secondary N) is 2. The quantitative estimate of drug-likeness (QED) is 0.317. The van der Waals surface area contributed by atoms with Crippen LogP contribution in [0.4, 0.5) is 11.4 Å². The number of sulfonamides is 2. The van der Waals surface area contributed by atoms with Crippen LogP contribution in [0.15, 0.2) is 63.7 Å². The molecule has 10 nitrogen and oxygen atoms in total. The molecule has 0 aliphatic heterocycles. The molecule has 2 aromatic carbocycles. The predicted octanol–water partition coefficient (Wildman–Crippen LogP) is 2.85. The zero-order chi connectivity index (χ0) is 23.5. The Balaban J connectivity index is 1.96. The molecule has 0 amide bonds. The molecule has 170 valence electrons. The number of thiophene rings is 1. The summed E-state index contributed by atoms with van der Waals surface area (Å²) in [6.45, 7) is 0. The molecule has 0 unspecified atom stereocenters. The smallest absolute Gasteiger partial charge is 0.349 e. The minimum atomic E-state index is -4.35. The van der Waals surface area contributed by atoms with Gasteiger partial charge in [-0.3, -0.25) is 9.44 Å². The molecule has 0 spiro atoms. The average Bonchev–Trinajstić information content (AvgIpc) is 3.26. The van der Waals surface area contributed by atoms with E-state index in [9.17, 15) is 26.7 Å². The summed E-state index contributed by atoms with van der Waals surface area (Å²) in [6.07, 6.45) is 0. The molecule has 0 aliphatic rings. The van der Waals surface area contributed by atoms with Crippen LogP contribution in [0.25, 0.3) is 0 Å². The highest BCUT2D eigenvalue weighted by atomic mass is 32.2. The number of aromatic hydroxyl groups is 1. The second-order valence-electron chi connectivity index (χ2n) is 6.20. The van der Waals surface area contributed by atoms with E-state index in [1.165, 1.54) is 24.6 Å². The largest absolute Gasteiger partial charge is 0.506 e. The van der Waals surface area contributed by atoms with Gasteiger partial charge in [0.15, 0.2) is 0 Å². The van der Waals surface area contributed by atoms with Crippen molar-refractivity contribution >= 4 is 48.7 Å². The number of hydrogen-bond acceptors (Lipinski definition) is 9. The number of esters is 1. The lowest BCUT2D eigenvalue weighted by atomic mass is 10.3. The Labute approximate surface area is 188 Å². The third-order valence-corrected chi connectivity index (χ3v) is 7.96. The van der Waals surface area contributed by atoms with Crippen LogP contribution in [0.3, 0.4) is 0 Å². The van der Waals surface area contributed by atoms with Crippen LogP contribution in [0, 0.1) is 0 Å². The molecule has 3 rings (SSSR count). The molecule has 1 heterocycles. The predicted molar refractivity (Wildman–Crippen MR) is 118 cm³/mol. The number of carbonyl (C=O) groups is 1. The minimum absolute atomic E-state index is 0.166. The highest BCUT2D eigenvalue weighted by Crippen LogP contribution is 2.32. The fraction of sp³-hybridized carbons (Fsp3) is 0.105. The molecule has 0 saturated carbocycles. The Morgan fingerprint density at radius 3 is 2.31 bits per heavy atom. The summed E-state index contributed by atoms with van der Waals surface area (Å²) in [5, 5.41) is 11.5. The molecular weight excluding hydrogens is 480 g/mol. The summed E-state index contributed by atoms with van der Waals surface area (Å²) >= 11 is 0.862. The zero-order valence-electron chi connectivity index (χ0n) is 16.7. The van der Waals surface area contributed by atoms with Gasteiger partial charge in [-0.1, -0.05) is 12.1 Å². The fourth-order valence-corrected chi connectivity index (χ4v) is 6.14. The summed E-state index contributed by atoms with van der Waals surface area (Å²) in [5.74, 6) is -1.08. The van der Waals surface area contributed by atoms with Crippen LogP contribution in [0.2, 0.25) is 0 Å². The average molecular weight is 499 g/mol. The minimum Gasteiger partial charge on any atom is -0.506 e. The van der Waals surface area contributed by atoms with E-state index >= 15 is 0 Å². The van der Waals surface area contributed by atoms with E-state index < -0.39 is 37.5 Å². The van der Waals surface area contributed by atoms with Crippen LogP contribution in [0.1, 0.15) is 9.67 Å². The lowest BCUT2D eigenvalue weighted by molar-refractivity contribution is 0.0602. The van der Waals surface area contributed by atoms with Crippen molar-refractivity contribution < 1.29 is 36.2 Å². The maximum atomic E-state index is 12.8. The fourth-order valence-electron chi connectivity index (χ4n) is 2.65. The highest BCUT2D eigenvalue weighted by molar-refractivity contribution is 7.93. The first-order valence-corrected chi connectivity index (χ1v) is 12.6. The molecule has 0 atom stereocenters. The lowest BCUT2D eigenvalue weighted by Crippen LogP contribution is -2.17. The Bertz CT molecular complexity index is 1360. The van der Waals surface area contributed by atoms with Gasteiger partial charge < -0.3 is 14.6 Å². The third kappa shape index (κ3) is 4.79. The van der Waals surface area contributed by atoms with E-state index in [0.717, 1.165) is 36.6 Å². The Hall–Kier alpha value is -3.29. The molecule has 0 radical (unpaired) electrons. The van der Waals surface area contributed by atoms with Crippen molar-refractivity contribution in [3.8, 4) is 11.5 Å². The van der Waals surface area contributed by atoms with Gasteiger partial charge in [-0.15, -0.1) is 11.3 Å². The number of rotatable bonds is 8. The number of carbonyl (C=O) groups excluding carboxylic acids is 1. The Kier molecular flexibility index (Phi) is 6.62. The number of para-hydroxylation sites is 2. The van der Waals surface area contributed by atoms with Crippen LogP contribution >= 0.6 is 11.3 Å². The first-order valence-electron chi connectivity index (χ1n) is 8.76. The summed E-state index contributed by atoms with van der Waals surface area (Å²) in [7, 11) is -6.02. The molecule has 0 saturated heterocycles. The molecular formula is C19H18N2O8S3. The standard InChI is InChI=1S/C19H18N2O8S3/c1-28-16-6-4-3-5-13(16)20-31(24,25)12-7-8-15(22)14(11-12)21-32(26,27)17-9-10-30-18(17)19(23)29-2/h3-11,20-22H,1-2H3. The van der Waals surface area contributed by atoms with Crippen LogP contribution < -0.4 is 14.2 Å². The van der Waals surface area contributed by atoms with Gasteiger partial charge >= 0.3 is 5.97 Å². The molecule has 0 fully saturated rings. The number of anilines is 2. The summed E-state index contributed by atoms with van der Waals surface area (Å²) in [4.78, 5) is 11.0. The Morgan fingerprint density at radius 1 is 0.938 bits per heavy atom. The normalized spacial score (nSPS) is 11.6. The SMILES string of the molecule is COC(=O)c1sccc1S(=O)(=O)Nc1cc(S(=O)(=O)Nc2ccccc2OC)ccc1O. The van der Waals surface area contributed by atoms with Gasteiger partial charge in [-0.2, -0.15) is 0 Å². The van der Waals surface area contributed by atoms with Crippen molar-refractivity contribution in [2.45, 2.75) is 9.79 Å². The van der Waals surface area contributed by atoms with E-state index in [1.807, 2.05) is 0 Å². The number of benzene rings is 2. The van der Waals surface area contributed by atoms with Crippen molar-refractivity contribution in [2.75, 3.05) is 23.7 Å². The molecule has 1 aromatic heterocycles. The monoisotopic (exact) mass is 498 g/mol. The van der Waals surface area contributed by atoms with Gasteiger partial charge in [0.05, 0.1) is 30.5 Å². The third-order valence-electron chi connectivity index (χ3n) is 4.16. The molecule has 3 N–H and O–H groups in total. The molecule has 13 heteroatoms. The van der Waals surface area contributed by atoms with E-state index in [4.69, 9.17) is 4.74 Å². The molecule has 32 heavy (non-hydrogen) atoms. The maximum Gasteiger partial charge on any atom is 0.349 e. The second-order valence-corrected chi connectivity index (χ2v) is 10.4. The van der Waals surface area contributed by atoms with Crippen LogP contribution in [0.5, 0.6) is 11.5 Å². The van der Waals surface area contributed by atoms with E-state index in [-0.39, 0.29) is 26.1 Å². The topological polar surface area (TPSA) is 148 Å². The van der Waals surface area contributed by atoms with E-state index in [1.54, 1.807) is 18.2 Å². The maximum absolute atomic E-state index is 12.8. The summed E-state index contributed by atoms with van der Waals surface area (Å²) in [6, 6.07) is 10.6. The van der Waals surface area contributed by atoms with Gasteiger partial charge in [-0.05, 0) is 41.8 Å². The van der Waals surface area contributed by atoms with E-state index in [0.29, 0.717) is 0 Å². The zero-order valence-corrected chi connectivity index (χ0v) is 19.2. The van der Waals surface area contributed by atoms with Gasteiger partial charge in [0.2, 0.25) is 0 Å². The van der Waals surface area contributed by atoms with Crippen LogP contribution in [-0.2, 0) is 24.8 Å². The molecule has 0 aliphatic carbocycles. The van der Waals surface area contributed by atoms with Crippen LogP contribution in [-0.4, -0.2) is 42.1 Å². The van der Waals surface area contributed by atoms with Crippen molar-refractivity contribution in [3.05, 3.63) is 58.8 Å². The number of phenolic OH excluding ortho intramolecular Hbond substituents is 1. The van der Waals surface area contributed by atoms with Gasteiger partial charge in [0, 0.05) is 0 Å². The van der Waals surface area contributed by atoms with Gasteiger partial charge in [0.25, 0.3) is 20.0 Å². The molecule has 0 bridgehead atoms. The lowest BCUT2D eigenvalue weighted by Gasteiger charge is -2.14. The second kappa shape index (κ2) is 9.06. The van der Waals surface area contributed by atoms with Crippen molar-refractivity contribution in [1.29, 1.82) is 0 Å². The Morgan fingerprint density at radius 2 is 1.62 bits per heavy atom. The van der Waals surface area contributed by atoms with Gasteiger partial charge in [-0.25, -0.2) is 21.6 Å². The molecule has 3 aromatic rings. The summed E-state index contributed by atoms with van der Waals surface area (Å²) < 4.78 is 65.4.